The number of amides is 6. The van der Waals surface area contributed by atoms with Crippen LogP contribution >= 0.6 is 0 Å². The van der Waals surface area contributed by atoms with Crippen molar-refractivity contribution in [3.05, 3.63) is 96.1 Å². The van der Waals surface area contributed by atoms with E-state index in [-0.39, 0.29) is 25.5 Å². The SMILES string of the molecule is CC(C)C[C@H](NC(=O)OCc1ccccc1)C(=O)N[C@@H](CCC(=O)O)C(=O)N[C@H](C(=O)NN(CC(=O)O)C(=O)/C=C/C(=O)N(C)Cc1cccc2ccccc12)[C@@H](C)O. The molecule has 0 saturated heterocycles. The molecule has 3 aromatic rings. The summed E-state index contributed by atoms with van der Waals surface area (Å²) in [6.07, 6.45) is -1.97. The van der Waals surface area contributed by atoms with Crippen LogP contribution in [0.3, 0.4) is 0 Å². The molecule has 0 aliphatic heterocycles. The number of aliphatic carboxylic acids is 2. The molecular formula is C41H50N6O12. The number of likely N-dealkylation sites (N-methyl/N-ethyl adjacent to an activating group) is 1. The van der Waals surface area contributed by atoms with E-state index < -0.39 is 91.2 Å². The number of hydrogen-bond donors (Lipinski definition) is 7. The first-order valence-corrected chi connectivity index (χ1v) is 18.7. The van der Waals surface area contributed by atoms with E-state index in [4.69, 9.17) is 4.74 Å². The number of rotatable bonds is 20. The average Bonchev–Trinajstić information content (AvgIpc) is 3.18. The van der Waals surface area contributed by atoms with Gasteiger partial charge in [-0.2, -0.15) is 0 Å². The molecule has 0 aromatic heterocycles. The maximum Gasteiger partial charge on any atom is 0.408 e. The third-order valence-electron chi connectivity index (χ3n) is 8.71. The third-order valence-corrected chi connectivity index (χ3v) is 8.71. The quantitative estimate of drug-likeness (QED) is 0.0637. The molecule has 18 heteroatoms. The number of hydrogen-bond acceptors (Lipinski definition) is 10. The van der Waals surface area contributed by atoms with Gasteiger partial charge in [0.1, 0.15) is 31.3 Å². The van der Waals surface area contributed by atoms with E-state index in [0.29, 0.717) is 10.6 Å². The van der Waals surface area contributed by atoms with Gasteiger partial charge in [0, 0.05) is 32.2 Å². The zero-order valence-electron chi connectivity index (χ0n) is 33.1. The maximum atomic E-state index is 13.5. The van der Waals surface area contributed by atoms with Gasteiger partial charge in [-0.3, -0.25) is 39.0 Å². The second kappa shape index (κ2) is 22.8. The van der Waals surface area contributed by atoms with E-state index in [2.05, 4.69) is 16.0 Å². The monoisotopic (exact) mass is 818 g/mol. The van der Waals surface area contributed by atoms with Gasteiger partial charge >= 0.3 is 18.0 Å². The topological polar surface area (TPSA) is 261 Å². The fourth-order valence-electron chi connectivity index (χ4n) is 5.71. The Morgan fingerprint density at radius 3 is 2.00 bits per heavy atom. The van der Waals surface area contributed by atoms with E-state index >= 15 is 0 Å². The van der Waals surface area contributed by atoms with E-state index in [0.717, 1.165) is 35.4 Å². The Hall–Kier alpha value is -6.82. The summed E-state index contributed by atoms with van der Waals surface area (Å²) in [5.74, 6) is -8.04. The van der Waals surface area contributed by atoms with Crippen molar-refractivity contribution in [2.24, 2.45) is 5.92 Å². The van der Waals surface area contributed by atoms with Crippen LogP contribution in [0.5, 0.6) is 0 Å². The first-order valence-electron chi connectivity index (χ1n) is 18.7. The number of benzene rings is 3. The first kappa shape index (κ1) is 46.6. The van der Waals surface area contributed by atoms with Crippen LogP contribution in [-0.4, -0.2) is 111 Å². The summed E-state index contributed by atoms with van der Waals surface area (Å²) in [5, 5.41) is 38.6. The Kier molecular flexibility index (Phi) is 18.0. The lowest BCUT2D eigenvalue weighted by atomic mass is 10.0. The molecule has 0 saturated carbocycles. The fraction of sp³-hybridized carbons (Fsp3) is 0.366. The molecule has 0 unspecified atom stereocenters. The number of aliphatic hydroxyl groups is 1. The summed E-state index contributed by atoms with van der Waals surface area (Å²) in [4.78, 5) is 103. The number of hydrazine groups is 1. The lowest BCUT2D eigenvalue weighted by Crippen LogP contribution is -2.61. The molecule has 18 nitrogen and oxygen atoms in total. The molecule has 0 aliphatic rings. The fourth-order valence-corrected chi connectivity index (χ4v) is 5.71. The van der Waals surface area contributed by atoms with Crippen molar-refractivity contribution < 1.29 is 58.4 Å². The number of fused-ring (bicyclic) bond motifs is 1. The number of carboxylic acid groups (broad SMARTS) is 2. The summed E-state index contributed by atoms with van der Waals surface area (Å²) in [5.41, 5.74) is 3.56. The minimum atomic E-state index is -1.87. The Bertz CT molecular complexity index is 2000. The zero-order valence-corrected chi connectivity index (χ0v) is 33.1. The van der Waals surface area contributed by atoms with Crippen molar-refractivity contribution in [3.8, 4) is 0 Å². The molecule has 0 fully saturated rings. The second-order valence-corrected chi connectivity index (χ2v) is 14.1. The number of nitrogens with one attached hydrogen (secondary N) is 4. The Labute approximate surface area is 340 Å². The molecule has 3 rings (SSSR count). The number of ether oxygens (including phenoxy) is 1. The first-order chi connectivity index (χ1) is 27.9. The normalized spacial score (nSPS) is 13.1. The van der Waals surface area contributed by atoms with Gasteiger partial charge in [0.2, 0.25) is 17.7 Å². The molecular weight excluding hydrogens is 768 g/mol. The van der Waals surface area contributed by atoms with Gasteiger partial charge in [0.15, 0.2) is 0 Å². The highest BCUT2D eigenvalue weighted by Crippen LogP contribution is 2.20. The summed E-state index contributed by atoms with van der Waals surface area (Å²) in [6, 6.07) is 17.2. The highest BCUT2D eigenvalue weighted by molar-refractivity contribution is 5.99. The van der Waals surface area contributed by atoms with Crippen LogP contribution in [-0.2, 0) is 51.5 Å². The summed E-state index contributed by atoms with van der Waals surface area (Å²) >= 11 is 0. The van der Waals surface area contributed by atoms with Gasteiger partial charge in [-0.05, 0) is 47.6 Å². The maximum absolute atomic E-state index is 13.5. The van der Waals surface area contributed by atoms with Crippen molar-refractivity contribution in [2.75, 3.05) is 13.6 Å². The highest BCUT2D eigenvalue weighted by Gasteiger charge is 2.33. The van der Waals surface area contributed by atoms with Crippen molar-refractivity contribution in [2.45, 2.75) is 77.4 Å². The highest BCUT2D eigenvalue weighted by atomic mass is 16.5. The van der Waals surface area contributed by atoms with E-state index in [1.165, 1.54) is 11.9 Å². The summed E-state index contributed by atoms with van der Waals surface area (Å²) in [6.45, 7) is 3.64. The molecule has 3 aromatic carbocycles. The lowest BCUT2D eigenvalue weighted by Gasteiger charge is -2.28. The van der Waals surface area contributed by atoms with E-state index in [9.17, 15) is 53.7 Å². The van der Waals surface area contributed by atoms with Gasteiger partial charge in [0.25, 0.3) is 11.8 Å². The Morgan fingerprint density at radius 1 is 0.729 bits per heavy atom. The number of carboxylic acids is 2. The van der Waals surface area contributed by atoms with Gasteiger partial charge in [0.05, 0.1) is 6.10 Å². The van der Waals surface area contributed by atoms with Crippen LogP contribution in [0.4, 0.5) is 4.79 Å². The minimum absolute atomic E-state index is 0.0895. The van der Waals surface area contributed by atoms with Crippen LogP contribution in [0.2, 0.25) is 0 Å². The van der Waals surface area contributed by atoms with Crippen LogP contribution in [0, 0.1) is 5.92 Å². The van der Waals surface area contributed by atoms with E-state index in [1.807, 2.05) is 47.9 Å². The average molecular weight is 819 g/mol. The number of carbonyl (C=O) groups is 8. The molecule has 316 valence electrons. The van der Waals surface area contributed by atoms with Gasteiger partial charge < -0.3 is 40.9 Å². The molecule has 6 amide bonds. The number of nitrogens with zero attached hydrogens (tertiary/aromatic N) is 2. The van der Waals surface area contributed by atoms with Crippen molar-refractivity contribution >= 4 is 58.3 Å². The van der Waals surface area contributed by atoms with E-state index in [1.54, 1.807) is 44.2 Å². The molecule has 59 heavy (non-hydrogen) atoms. The van der Waals surface area contributed by atoms with Crippen LogP contribution in [0.15, 0.2) is 84.9 Å². The third kappa shape index (κ3) is 15.6. The lowest BCUT2D eigenvalue weighted by molar-refractivity contribution is -0.149. The predicted octanol–water partition coefficient (Wildman–Crippen LogP) is 1.86. The molecule has 0 aliphatic carbocycles. The Morgan fingerprint density at radius 2 is 1.36 bits per heavy atom. The second-order valence-electron chi connectivity index (χ2n) is 14.1. The summed E-state index contributed by atoms with van der Waals surface area (Å²) < 4.78 is 5.22. The number of carbonyl (C=O) groups excluding carboxylic acids is 6. The standard InChI is InChI=1S/C41H50N6O12/c1-25(2)21-32(43-41(58)59-24-27-11-6-5-7-12-27)39(56)42-31(17-20-35(51)52)38(55)44-37(26(3)48)40(57)45-47(23-36(53)54)34(50)19-18-33(49)46(4)22-29-15-10-14-28-13-8-9-16-30(28)29/h5-16,18-19,25-26,31-32,37,48H,17,20-24H2,1-4H3,(H,42,56)(H,43,58)(H,44,55)(H,45,57)(H,51,52)(H,53,54)/b19-18+/t26-,31+,32+,37+/m1/s1. The van der Waals surface area contributed by atoms with Crippen molar-refractivity contribution in [1.82, 2.24) is 31.3 Å². The molecule has 0 heterocycles. The molecule has 0 radical (unpaired) electrons. The number of aliphatic hydroxyl groups excluding tert-OH is 1. The van der Waals surface area contributed by atoms with Crippen molar-refractivity contribution in [1.29, 1.82) is 0 Å². The molecule has 0 spiro atoms. The Balaban J connectivity index is 1.71. The predicted molar refractivity (Wildman–Crippen MR) is 212 cm³/mol. The van der Waals surface area contributed by atoms with Crippen LogP contribution in [0.25, 0.3) is 10.8 Å². The van der Waals surface area contributed by atoms with Crippen LogP contribution < -0.4 is 21.4 Å². The van der Waals surface area contributed by atoms with Gasteiger partial charge in [-0.1, -0.05) is 86.6 Å². The van der Waals surface area contributed by atoms with Gasteiger partial charge in [-0.25, -0.2) is 9.80 Å². The minimum Gasteiger partial charge on any atom is -0.481 e. The molecule has 4 atom stereocenters. The molecule has 7 N–H and O–H groups in total. The summed E-state index contributed by atoms with van der Waals surface area (Å²) in [7, 11) is 1.50. The largest absolute Gasteiger partial charge is 0.481 e. The van der Waals surface area contributed by atoms with Crippen molar-refractivity contribution in [3.63, 3.8) is 0 Å². The molecule has 0 bridgehead atoms. The zero-order chi connectivity index (χ0) is 43.6. The van der Waals surface area contributed by atoms with Gasteiger partial charge in [-0.15, -0.1) is 0 Å². The van der Waals surface area contributed by atoms with Crippen LogP contribution in [0.1, 0.15) is 51.2 Å². The smallest absolute Gasteiger partial charge is 0.408 e. The number of alkyl carbamates (subject to hydrolysis) is 1.